The minimum Gasteiger partial charge on any atom is -0.460 e. The number of nitrogens with two attached hydrogens (primary N) is 1. The Morgan fingerprint density at radius 1 is 0.955 bits per heavy atom. The third kappa shape index (κ3) is 9.42. The average molecular weight is 635 g/mol. The molecule has 44 heavy (non-hydrogen) atoms. The van der Waals surface area contributed by atoms with Gasteiger partial charge in [0, 0.05) is 12.3 Å². The van der Waals surface area contributed by atoms with E-state index in [4.69, 9.17) is 28.8 Å². The predicted molar refractivity (Wildman–Crippen MR) is 151 cm³/mol. The number of aliphatic hydroxyl groups is 2. The van der Waals surface area contributed by atoms with Crippen LogP contribution in [0.1, 0.15) is 17.4 Å². The molecule has 1 aliphatic rings. The third-order valence-electron chi connectivity index (χ3n) is 6.19. The molecule has 0 saturated carbocycles. The maximum absolute atomic E-state index is 12.8. The van der Waals surface area contributed by atoms with Gasteiger partial charge >= 0.3 is 25.4 Å². The number of ether oxygens (including phenoxy) is 3. The Morgan fingerprint density at radius 3 is 2.30 bits per heavy atom. The second-order valence-corrected chi connectivity index (χ2v) is 11.1. The molecule has 6 N–H and O–H groups in total. The fourth-order valence-corrected chi connectivity index (χ4v) is 4.85. The van der Waals surface area contributed by atoms with Crippen molar-refractivity contribution >= 4 is 19.7 Å². The molecule has 0 radical (unpaired) electrons. The fourth-order valence-electron chi connectivity index (χ4n) is 4.04. The number of carbonyl (C=O) groups is 2. The summed E-state index contributed by atoms with van der Waals surface area (Å²) in [6.07, 6.45) is -4.64. The monoisotopic (exact) mass is 634 g/mol. The van der Waals surface area contributed by atoms with Crippen LogP contribution in [0.5, 0.6) is 5.75 Å². The first kappa shape index (κ1) is 32.8. The topological polar surface area (TPSA) is 231 Å². The van der Waals surface area contributed by atoms with Gasteiger partial charge in [-0.25, -0.2) is 14.9 Å². The quantitative estimate of drug-likeness (QED) is 0.113. The highest BCUT2D eigenvalue weighted by molar-refractivity contribution is 7.51. The second-order valence-electron chi connectivity index (χ2n) is 9.55. The maximum atomic E-state index is 12.8. The molecule has 236 valence electrons. The lowest BCUT2D eigenvalue weighted by Gasteiger charge is -2.19. The van der Waals surface area contributed by atoms with Crippen molar-refractivity contribution in [3.05, 3.63) is 98.8 Å². The van der Waals surface area contributed by atoms with Crippen molar-refractivity contribution in [2.75, 3.05) is 19.7 Å². The van der Waals surface area contributed by atoms with Gasteiger partial charge in [-0.05, 0) is 23.3 Å². The number of aromatic nitrogens is 2. The number of carbonyl (C=O) groups excluding carboxylic acids is 2. The molecule has 17 heteroatoms. The molecule has 0 bridgehead atoms. The third-order valence-corrected chi connectivity index (χ3v) is 7.17. The fraction of sp³-hybridized carbons (Fsp3) is 0.333. The van der Waals surface area contributed by atoms with Crippen molar-refractivity contribution in [3.63, 3.8) is 0 Å². The van der Waals surface area contributed by atoms with Crippen molar-refractivity contribution in [1.29, 1.82) is 0 Å². The molecule has 5 atom stereocenters. The minimum atomic E-state index is -4.28. The summed E-state index contributed by atoms with van der Waals surface area (Å²) in [4.78, 5) is 49.2. The average Bonchev–Trinajstić information content (AvgIpc) is 3.27. The SMILES string of the molecule is NP(=O)(OC[C@H]1O[C@@H](n2ccc(=O)[nH]c2=O)[C@H](O)[C@@H]1O)Oc1cccc(COC(=O)CNCC(=O)OCc2ccccc2)c1. The number of H-pyrrole nitrogens is 1. The lowest BCUT2D eigenvalue weighted by molar-refractivity contribution is -0.145. The molecule has 2 aromatic carbocycles. The molecule has 1 saturated heterocycles. The van der Waals surface area contributed by atoms with Crippen molar-refractivity contribution in [2.45, 2.75) is 37.8 Å². The molecule has 1 fully saturated rings. The number of aromatic amines is 1. The molecular formula is C27H31N4O12P. The van der Waals surface area contributed by atoms with Gasteiger partial charge in [-0.3, -0.25) is 33.8 Å². The first-order valence-corrected chi connectivity index (χ1v) is 14.8. The van der Waals surface area contributed by atoms with E-state index in [-0.39, 0.29) is 32.1 Å². The van der Waals surface area contributed by atoms with Gasteiger partial charge in [-0.15, -0.1) is 0 Å². The van der Waals surface area contributed by atoms with Crippen LogP contribution in [0.2, 0.25) is 0 Å². The van der Waals surface area contributed by atoms with Crippen molar-refractivity contribution in [3.8, 4) is 5.75 Å². The van der Waals surface area contributed by atoms with Crippen molar-refractivity contribution < 1.29 is 47.6 Å². The van der Waals surface area contributed by atoms with Gasteiger partial charge in [0.25, 0.3) is 5.56 Å². The number of esters is 2. The molecule has 0 aliphatic carbocycles. The molecule has 1 unspecified atom stereocenters. The van der Waals surface area contributed by atoms with E-state index in [1.807, 2.05) is 35.3 Å². The van der Waals surface area contributed by atoms with E-state index in [0.29, 0.717) is 5.56 Å². The summed E-state index contributed by atoms with van der Waals surface area (Å²) < 4.78 is 39.8. The Kier molecular flexibility index (Phi) is 11.2. The van der Waals surface area contributed by atoms with Crippen molar-refractivity contribution in [1.82, 2.24) is 14.9 Å². The minimum absolute atomic E-state index is 0.0225. The van der Waals surface area contributed by atoms with Gasteiger partial charge in [0.05, 0.1) is 19.7 Å². The zero-order chi connectivity index (χ0) is 31.7. The van der Waals surface area contributed by atoms with Crippen LogP contribution in [0.25, 0.3) is 0 Å². The molecule has 0 spiro atoms. The summed E-state index contributed by atoms with van der Waals surface area (Å²) in [5.41, 5.74) is 5.45. The molecule has 3 aromatic rings. The Hall–Kier alpha value is -4.15. The highest BCUT2D eigenvalue weighted by atomic mass is 31.2. The lowest BCUT2D eigenvalue weighted by Crippen LogP contribution is -2.37. The standard InChI is InChI=1S/C27H31N4O12P/c28-44(38,41-16-20-24(35)25(36)26(42-20)31-10-9-21(32)30-27(31)37)43-19-8-4-7-18(11-19)15-40-23(34)13-29-12-22(33)39-14-17-5-2-1-3-6-17/h1-11,20,24-26,29,35-36H,12-16H2,(H2,28,38)(H,30,32,37)/t20-,24-,25-,26-,44?/m1/s1. The summed E-state index contributed by atoms with van der Waals surface area (Å²) >= 11 is 0. The second kappa shape index (κ2) is 15.0. The van der Waals surface area contributed by atoms with Crippen LogP contribution in [0.15, 0.2) is 76.4 Å². The number of nitrogens with one attached hydrogen (secondary N) is 2. The number of hydrogen-bond acceptors (Lipinski definition) is 13. The van der Waals surface area contributed by atoms with Gasteiger partial charge in [-0.2, -0.15) is 0 Å². The van der Waals surface area contributed by atoms with Crippen LogP contribution in [-0.4, -0.2) is 69.7 Å². The van der Waals surface area contributed by atoms with E-state index < -0.39 is 62.1 Å². The van der Waals surface area contributed by atoms with Gasteiger partial charge in [-0.1, -0.05) is 42.5 Å². The van der Waals surface area contributed by atoms with E-state index in [1.165, 1.54) is 18.2 Å². The molecule has 2 heterocycles. The summed E-state index contributed by atoms with van der Waals surface area (Å²) in [6, 6.07) is 16.2. The Bertz CT molecular complexity index is 1600. The normalized spacial score (nSPS) is 20.9. The Morgan fingerprint density at radius 2 is 1.61 bits per heavy atom. The van der Waals surface area contributed by atoms with E-state index in [9.17, 15) is 34.0 Å². The molecule has 4 rings (SSSR count). The van der Waals surface area contributed by atoms with Gasteiger partial charge in [0.15, 0.2) is 6.23 Å². The van der Waals surface area contributed by atoms with E-state index in [1.54, 1.807) is 6.07 Å². The number of rotatable bonds is 14. The predicted octanol–water partition coefficient (Wildman–Crippen LogP) is -0.306. The smallest absolute Gasteiger partial charge is 0.456 e. The van der Waals surface area contributed by atoms with E-state index in [0.717, 1.165) is 22.4 Å². The Labute approximate surface area is 249 Å². The number of aliphatic hydroxyl groups excluding tert-OH is 2. The van der Waals surface area contributed by atoms with Gasteiger partial charge < -0.3 is 28.9 Å². The molecule has 0 amide bonds. The van der Waals surface area contributed by atoms with Crippen LogP contribution < -0.4 is 26.6 Å². The van der Waals surface area contributed by atoms with Gasteiger partial charge in [0.1, 0.15) is 37.3 Å². The zero-order valence-electron chi connectivity index (χ0n) is 23.1. The first-order chi connectivity index (χ1) is 21.0. The number of hydrogen-bond donors (Lipinski definition) is 5. The molecule has 16 nitrogen and oxygen atoms in total. The molecule has 1 aliphatic heterocycles. The maximum Gasteiger partial charge on any atom is 0.456 e. The molecule has 1 aromatic heterocycles. The van der Waals surface area contributed by atoms with Crippen LogP contribution in [0, 0.1) is 0 Å². The zero-order valence-corrected chi connectivity index (χ0v) is 24.0. The Balaban J connectivity index is 1.20. The van der Waals surface area contributed by atoms with Gasteiger partial charge in [0.2, 0.25) is 0 Å². The highest BCUT2D eigenvalue weighted by Crippen LogP contribution is 2.41. The van der Waals surface area contributed by atoms with Crippen LogP contribution in [0.4, 0.5) is 0 Å². The lowest BCUT2D eigenvalue weighted by atomic mass is 10.1. The van der Waals surface area contributed by atoms with E-state index in [2.05, 4.69) is 5.32 Å². The summed E-state index contributed by atoms with van der Waals surface area (Å²) in [5, 5.41) is 23.3. The van der Waals surface area contributed by atoms with E-state index >= 15 is 0 Å². The summed E-state index contributed by atoms with van der Waals surface area (Å²) in [6.45, 7) is -1.07. The largest absolute Gasteiger partial charge is 0.460 e. The number of benzene rings is 2. The summed E-state index contributed by atoms with van der Waals surface area (Å²) in [7, 11) is -4.28. The van der Waals surface area contributed by atoms with Crippen molar-refractivity contribution in [2.24, 2.45) is 5.50 Å². The first-order valence-electron chi connectivity index (χ1n) is 13.2. The highest BCUT2D eigenvalue weighted by Gasteiger charge is 2.45. The van der Waals surface area contributed by atoms with Crippen LogP contribution in [0.3, 0.4) is 0 Å². The number of nitrogens with zero attached hydrogens (tertiary/aromatic N) is 1. The summed E-state index contributed by atoms with van der Waals surface area (Å²) in [5.74, 6) is -1.15. The van der Waals surface area contributed by atoms with Crippen LogP contribution >= 0.6 is 7.75 Å². The van der Waals surface area contributed by atoms with Crippen LogP contribution in [-0.2, 0) is 46.1 Å². The molecular weight excluding hydrogens is 603 g/mol.